The molecule has 1 heterocycles. The van der Waals surface area contributed by atoms with Crippen LogP contribution in [0.15, 0.2) is 60.8 Å². The van der Waals surface area contributed by atoms with Gasteiger partial charge in [-0.25, -0.2) is 9.37 Å². The number of methoxy groups -OCH3 is 1. The maximum Gasteiger partial charge on any atom is 0.229 e. The highest BCUT2D eigenvalue weighted by atomic mass is 19.1. The summed E-state index contributed by atoms with van der Waals surface area (Å²) >= 11 is 0. The molecule has 0 saturated carbocycles. The summed E-state index contributed by atoms with van der Waals surface area (Å²) in [6, 6.07) is 15.3. The number of halogens is 1. The molecule has 7 heteroatoms. The van der Waals surface area contributed by atoms with Crippen molar-refractivity contribution in [3.63, 3.8) is 0 Å². The zero-order chi connectivity index (χ0) is 18.2. The molecule has 1 aromatic heterocycles. The van der Waals surface area contributed by atoms with E-state index in [1.807, 2.05) is 24.3 Å². The van der Waals surface area contributed by atoms with Crippen LogP contribution >= 0.6 is 0 Å². The van der Waals surface area contributed by atoms with Crippen LogP contribution in [-0.2, 0) is 0 Å². The number of nitrogens with zero attached hydrogens (tertiary/aromatic N) is 2. The molecule has 3 rings (SSSR count). The second-order valence-corrected chi connectivity index (χ2v) is 5.35. The number of ether oxygens (including phenoxy) is 2. The highest BCUT2D eigenvalue weighted by Crippen LogP contribution is 2.17. The Hall–Kier alpha value is -3.35. The third kappa shape index (κ3) is 5.07. The lowest BCUT2D eigenvalue weighted by Crippen LogP contribution is -2.13. The number of aromatic nitrogens is 2. The third-order valence-corrected chi connectivity index (χ3v) is 3.47. The van der Waals surface area contributed by atoms with Gasteiger partial charge >= 0.3 is 0 Å². The molecule has 0 radical (unpaired) electrons. The van der Waals surface area contributed by atoms with E-state index in [1.54, 1.807) is 31.5 Å². The Bertz CT molecular complexity index is 843. The molecule has 0 fully saturated rings. The fourth-order valence-electron chi connectivity index (χ4n) is 2.23. The van der Waals surface area contributed by atoms with Crippen LogP contribution in [0.1, 0.15) is 0 Å². The van der Waals surface area contributed by atoms with Crippen LogP contribution in [0.4, 0.5) is 21.8 Å². The van der Waals surface area contributed by atoms with Crippen molar-refractivity contribution in [2.24, 2.45) is 0 Å². The summed E-state index contributed by atoms with van der Waals surface area (Å²) in [5.74, 6) is 2.27. The Morgan fingerprint density at radius 2 is 1.85 bits per heavy atom. The van der Waals surface area contributed by atoms with Gasteiger partial charge in [0.15, 0.2) is 0 Å². The highest BCUT2D eigenvalue weighted by Gasteiger charge is 2.01. The summed E-state index contributed by atoms with van der Waals surface area (Å²) in [6.45, 7) is 1.05. The summed E-state index contributed by atoms with van der Waals surface area (Å²) in [5, 5.41) is 6.13. The maximum atomic E-state index is 13.2. The van der Waals surface area contributed by atoms with Crippen molar-refractivity contribution in [3.8, 4) is 11.5 Å². The number of benzene rings is 2. The SMILES string of the molecule is COc1ccc(OCCNc2ccnc(Nc3cccc(F)c3)n2)cc1. The van der Waals surface area contributed by atoms with Crippen molar-refractivity contribution in [2.75, 3.05) is 30.9 Å². The van der Waals surface area contributed by atoms with Crippen LogP contribution in [-0.4, -0.2) is 30.2 Å². The van der Waals surface area contributed by atoms with Gasteiger partial charge in [0.25, 0.3) is 0 Å². The van der Waals surface area contributed by atoms with Gasteiger partial charge in [-0.1, -0.05) is 6.07 Å². The van der Waals surface area contributed by atoms with Crippen LogP contribution in [0.2, 0.25) is 0 Å². The fraction of sp³-hybridized carbons (Fsp3) is 0.158. The molecule has 0 aliphatic carbocycles. The molecule has 0 aliphatic heterocycles. The number of anilines is 3. The topological polar surface area (TPSA) is 68.3 Å². The summed E-state index contributed by atoms with van der Waals surface area (Å²) in [6.07, 6.45) is 1.63. The lowest BCUT2D eigenvalue weighted by molar-refractivity contribution is 0.331. The summed E-state index contributed by atoms with van der Waals surface area (Å²) in [7, 11) is 1.62. The van der Waals surface area contributed by atoms with E-state index in [0.717, 1.165) is 11.5 Å². The zero-order valence-electron chi connectivity index (χ0n) is 14.3. The van der Waals surface area contributed by atoms with Crippen molar-refractivity contribution >= 4 is 17.5 Å². The first-order chi connectivity index (χ1) is 12.7. The van der Waals surface area contributed by atoms with Gasteiger partial charge in [-0.3, -0.25) is 0 Å². The number of nitrogens with one attached hydrogen (secondary N) is 2. The van der Waals surface area contributed by atoms with Gasteiger partial charge in [0, 0.05) is 11.9 Å². The summed E-state index contributed by atoms with van der Waals surface area (Å²) < 4.78 is 24.0. The van der Waals surface area contributed by atoms with E-state index < -0.39 is 0 Å². The predicted octanol–water partition coefficient (Wildman–Crippen LogP) is 3.86. The van der Waals surface area contributed by atoms with Gasteiger partial charge in [-0.15, -0.1) is 0 Å². The molecular weight excluding hydrogens is 335 g/mol. The largest absolute Gasteiger partial charge is 0.497 e. The molecule has 3 aromatic rings. The Kier molecular flexibility index (Phi) is 5.82. The summed E-state index contributed by atoms with van der Waals surface area (Å²) in [5.41, 5.74) is 0.588. The predicted molar refractivity (Wildman–Crippen MR) is 98.7 cm³/mol. The zero-order valence-corrected chi connectivity index (χ0v) is 14.3. The summed E-state index contributed by atoms with van der Waals surface area (Å²) in [4.78, 5) is 8.47. The van der Waals surface area contributed by atoms with Crippen molar-refractivity contribution in [3.05, 3.63) is 66.6 Å². The molecular formula is C19H19FN4O2. The van der Waals surface area contributed by atoms with Crippen LogP contribution in [0.5, 0.6) is 11.5 Å². The monoisotopic (exact) mass is 354 g/mol. The normalized spacial score (nSPS) is 10.2. The van der Waals surface area contributed by atoms with E-state index in [0.29, 0.717) is 30.6 Å². The van der Waals surface area contributed by atoms with Crippen molar-refractivity contribution in [2.45, 2.75) is 0 Å². The Morgan fingerprint density at radius 1 is 1.04 bits per heavy atom. The van der Waals surface area contributed by atoms with Gasteiger partial charge in [-0.05, 0) is 48.5 Å². The van der Waals surface area contributed by atoms with Gasteiger partial charge < -0.3 is 20.1 Å². The Balaban J connectivity index is 1.49. The van der Waals surface area contributed by atoms with Crippen molar-refractivity contribution in [1.82, 2.24) is 9.97 Å². The van der Waals surface area contributed by atoms with Crippen LogP contribution in [0.3, 0.4) is 0 Å². The van der Waals surface area contributed by atoms with E-state index >= 15 is 0 Å². The van der Waals surface area contributed by atoms with Crippen LogP contribution < -0.4 is 20.1 Å². The van der Waals surface area contributed by atoms with Gasteiger partial charge in [0.2, 0.25) is 5.95 Å². The second-order valence-electron chi connectivity index (χ2n) is 5.35. The Morgan fingerprint density at radius 3 is 2.62 bits per heavy atom. The van der Waals surface area contributed by atoms with Gasteiger partial charge in [0.05, 0.1) is 13.7 Å². The van der Waals surface area contributed by atoms with E-state index in [2.05, 4.69) is 20.6 Å². The van der Waals surface area contributed by atoms with Crippen molar-refractivity contribution in [1.29, 1.82) is 0 Å². The number of hydrogen-bond donors (Lipinski definition) is 2. The molecule has 0 saturated heterocycles. The first-order valence-electron chi connectivity index (χ1n) is 8.09. The molecule has 0 aliphatic rings. The molecule has 0 spiro atoms. The second kappa shape index (κ2) is 8.66. The molecule has 6 nitrogen and oxygen atoms in total. The first-order valence-corrected chi connectivity index (χ1v) is 8.09. The molecule has 0 bridgehead atoms. The van der Waals surface area contributed by atoms with E-state index in [4.69, 9.17) is 9.47 Å². The quantitative estimate of drug-likeness (QED) is 0.599. The molecule has 134 valence electrons. The molecule has 0 amide bonds. The lowest BCUT2D eigenvalue weighted by Gasteiger charge is -2.10. The highest BCUT2D eigenvalue weighted by molar-refractivity contribution is 5.54. The lowest BCUT2D eigenvalue weighted by atomic mass is 10.3. The first kappa shape index (κ1) is 17.5. The number of rotatable bonds is 8. The number of hydrogen-bond acceptors (Lipinski definition) is 6. The van der Waals surface area contributed by atoms with E-state index in [9.17, 15) is 4.39 Å². The fourth-order valence-corrected chi connectivity index (χ4v) is 2.23. The molecule has 2 aromatic carbocycles. The van der Waals surface area contributed by atoms with Crippen molar-refractivity contribution < 1.29 is 13.9 Å². The molecule has 0 unspecified atom stereocenters. The average Bonchev–Trinajstić information content (AvgIpc) is 2.66. The van der Waals surface area contributed by atoms with Gasteiger partial charge in [0.1, 0.15) is 29.7 Å². The minimum atomic E-state index is -0.319. The molecule has 0 atom stereocenters. The van der Waals surface area contributed by atoms with Crippen LogP contribution in [0, 0.1) is 5.82 Å². The average molecular weight is 354 g/mol. The third-order valence-electron chi connectivity index (χ3n) is 3.47. The smallest absolute Gasteiger partial charge is 0.229 e. The minimum absolute atomic E-state index is 0.319. The standard InChI is InChI=1S/C19H19FN4O2/c1-25-16-5-7-17(8-6-16)26-12-11-21-18-9-10-22-19(24-18)23-15-4-2-3-14(20)13-15/h2-10,13H,11-12H2,1H3,(H2,21,22,23,24). The minimum Gasteiger partial charge on any atom is -0.497 e. The molecule has 26 heavy (non-hydrogen) atoms. The maximum absolute atomic E-state index is 13.2. The molecule has 2 N–H and O–H groups in total. The van der Waals surface area contributed by atoms with E-state index in [1.165, 1.54) is 12.1 Å². The Labute approximate surface area is 151 Å². The van der Waals surface area contributed by atoms with Crippen LogP contribution in [0.25, 0.3) is 0 Å². The van der Waals surface area contributed by atoms with Gasteiger partial charge in [-0.2, -0.15) is 4.98 Å². The van der Waals surface area contributed by atoms with E-state index in [-0.39, 0.29) is 5.82 Å².